The van der Waals surface area contributed by atoms with Gasteiger partial charge in [0.2, 0.25) is 0 Å². The van der Waals surface area contributed by atoms with E-state index in [-0.39, 0.29) is 0 Å². The Bertz CT molecular complexity index is 502. The van der Waals surface area contributed by atoms with E-state index in [2.05, 4.69) is 0 Å². The number of nitrogens with two attached hydrogens (primary N) is 1. The van der Waals surface area contributed by atoms with Crippen LogP contribution in [0.3, 0.4) is 0 Å². The van der Waals surface area contributed by atoms with Crippen molar-refractivity contribution < 1.29 is 9.53 Å². The number of benzene rings is 1. The molecule has 1 aromatic carbocycles. The van der Waals surface area contributed by atoms with Crippen LogP contribution in [0, 0.1) is 0 Å². The van der Waals surface area contributed by atoms with E-state index in [9.17, 15) is 4.79 Å². The largest absolute Gasteiger partial charge is 0.443 e. The molecule has 0 aliphatic carbocycles. The molecular weight excluding hydrogens is 276 g/mol. The molecule has 0 bridgehead atoms. The lowest BCUT2D eigenvalue weighted by Crippen LogP contribution is -2.37. The Kier molecular flexibility index (Phi) is 5.80. The summed E-state index contributed by atoms with van der Waals surface area (Å²) in [5.41, 5.74) is 0.432. The molecule has 5 heteroatoms. The van der Waals surface area contributed by atoms with Gasteiger partial charge < -0.3 is 4.74 Å². The Hall–Kier alpha value is -1.78. The van der Waals surface area contributed by atoms with E-state index in [0.717, 1.165) is 10.6 Å². The zero-order chi connectivity index (χ0) is 15.2. The van der Waals surface area contributed by atoms with Crippen molar-refractivity contribution in [1.82, 2.24) is 5.01 Å². The van der Waals surface area contributed by atoms with Crippen LogP contribution in [-0.4, -0.2) is 16.7 Å². The highest BCUT2D eigenvalue weighted by atomic mass is 35.5. The second kappa shape index (κ2) is 7.12. The Balaban J connectivity index is 2.51. The van der Waals surface area contributed by atoms with Gasteiger partial charge in [-0.2, -0.15) is 0 Å². The molecule has 0 radical (unpaired) electrons. The fourth-order valence-electron chi connectivity index (χ4n) is 1.26. The zero-order valence-electron chi connectivity index (χ0n) is 11.8. The topological polar surface area (TPSA) is 55.6 Å². The lowest BCUT2D eigenvalue weighted by Gasteiger charge is -2.22. The summed E-state index contributed by atoms with van der Waals surface area (Å²) in [6.07, 6.45) is 6.12. The average Bonchev–Trinajstić information content (AvgIpc) is 2.34. The first-order valence-corrected chi connectivity index (χ1v) is 6.53. The van der Waals surface area contributed by atoms with Crippen LogP contribution in [0.1, 0.15) is 26.3 Å². The van der Waals surface area contributed by atoms with Crippen LogP contribution in [0.25, 0.3) is 6.08 Å². The van der Waals surface area contributed by atoms with Gasteiger partial charge in [-0.3, -0.25) is 0 Å². The van der Waals surface area contributed by atoms with E-state index >= 15 is 0 Å². The number of carbonyl (C=O) groups is 1. The van der Waals surface area contributed by atoms with Gasteiger partial charge in [-0.15, -0.1) is 0 Å². The molecule has 1 rings (SSSR count). The molecule has 1 amide bonds. The molecule has 0 aromatic heterocycles. The summed E-state index contributed by atoms with van der Waals surface area (Å²) in [6.45, 7) is 5.34. The summed E-state index contributed by atoms with van der Waals surface area (Å²) in [7, 11) is 0. The molecule has 0 spiro atoms. The molecule has 108 valence electrons. The Labute approximate surface area is 124 Å². The van der Waals surface area contributed by atoms with Gasteiger partial charge in [0, 0.05) is 11.2 Å². The summed E-state index contributed by atoms with van der Waals surface area (Å²) >= 11 is 5.79. The molecule has 1 aromatic rings. The molecule has 0 unspecified atom stereocenters. The molecule has 0 heterocycles. The van der Waals surface area contributed by atoms with Crippen molar-refractivity contribution in [1.29, 1.82) is 0 Å². The first-order chi connectivity index (χ1) is 9.28. The van der Waals surface area contributed by atoms with Crippen molar-refractivity contribution in [2.45, 2.75) is 26.4 Å². The van der Waals surface area contributed by atoms with Crippen molar-refractivity contribution in [2.24, 2.45) is 5.84 Å². The van der Waals surface area contributed by atoms with Crippen LogP contribution >= 0.6 is 11.6 Å². The summed E-state index contributed by atoms with van der Waals surface area (Å²) in [4.78, 5) is 11.5. The number of rotatable bonds is 3. The fourth-order valence-corrected chi connectivity index (χ4v) is 1.38. The van der Waals surface area contributed by atoms with Crippen molar-refractivity contribution in [3.05, 3.63) is 53.2 Å². The molecule has 4 nitrogen and oxygen atoms in total. The van der Waals surface area contributed by atoms with Crippen molar-refractivity contribution in [3.8, 4) is 0 Å². The number of hydrogen-bond donors (Lipinski definition) is 1. The fraction of sp³-hybridized carbons (Fsp3) is 0.267. The Morgan fingerprint density at radius 2 is 1.85 bits per heavy atom. The summed E-state index contributed by atoms with van der Waals surface area (Å²) in [6, 6.07) is 7.39. The standard InChI is InChI=1S/C15H19ClN2O2/c1-15(2,3)20-14(19)18(17)11-5-4-6-12-7-9-13(16)10-8-12/h4-11H,17H2,1-3H3/b6-4+,11-5+. The minimum absolute atomic E-state index is 0.568. The van der Waals surface area contributed by atoms with E-state index in [0.29, 0.717) is 5.02 Å². The van der Waals surface area contributed by atoms with Gasteiger partial charge in [-0.1, -0.05) is 35.9 Å². The number of amides is 1. The number of allylic oxidation sites excluding steroid dienone is 2. The number of hydrazine groups is 1. The minimum atomic E-state index is -0.603. The Morgan fingerprint density at radius 3 is 2.40 bits per heavy atom. The molecule has 0 saturated heterocycles. The summed E-state index contributed by atoms with van der Waals surface area (Å²) in [5.74, 6) is 5.54. The molecule has 0 aliphatic rings. The number of carbonyl (C=O) groups excluding carboxylic acids is 1. The van der Waals surface area contributed by atoms with Crippen LogP contribution in [0.4, 0.5) is 4.79 Å². The maximum absolute atomic E-state index is 11.5. The van der Waals surface area contributed by atoms with Crippen molar-refractivity contribution >= 4 is 23.8 Å². The quantitative estimate of drug-likeness (QED) is 0.397. The lowest BCUT2D eigenvalue weighted by molar-refractivity contribution is 0.0334. The predicted octanol–water partition coefficient (Wildman–Crippen LogP) is 3.98. The molecular formula is C15H19ClN2O2. The van der Waals surface area contributed by atoms with E-state index in [1.807, 2.05) is 18.2 Å². The van der Waals surface area contributed by atoms with Crippen molar-refractivity contribution in [2.75, 3.05) is 0 Å². The third kappa shape index (κ3) is 6.41. The highest BCUT2D eigenvalue weighted by molar-refractivity contribution is 6.30. The van der Waals surface area contributed by atoms with Gasteiger partial charge in [-0.25, -0.2) is 15.6 Å². The third-order valence-corrected chi connectivity index (χ3v) is 2.37. The molecule has 20 heavy (non-hydrogen) atoms. The molecule has 0 aliphatic heterocycles. The highest BCUT2D eigenvalue weighted by Crippen LogP contribution is 2.11. The minimum Gasteiger partial charge on any atom is -0.443 e. The van der Waals surface area contributed by atoms with Crippen LogP contribution in [0.2, 0.25) is 5.02 Å². The zero-order valence-corrected chi connectivity index (χ0v) is 12.6. The van der Waals surface area contributed by atoms with Gasteiger partial charge in [0.25, 0.3) is 0 Å². The first-order valence-electron chi connectivity index (χ1n) is 6.15. The maximum Gasteiger partial charge on any atom is 0.428 e. The smallest absolute Gasteiger partial charge is 0.428 e. The third-order valence-electron chi connectivity index (χ3n) is 2.12. The van der Waals surface area contributed by atoms with Crippen LogP contribution < -0.4 is 5.84 Å². The second-order valence-corrected chi connectivity index (χ2v) is 5.58. The van der Waals surface area contributed by atoms with Gasteiger partial charge in [0.05, 0.1) is 0 Å². The summed E-state index contributed by atoms with van der Waals surface area (Å²) in [5, 5.41) is 1.59. The number of nitrogens with zero attached hydrogens (tertiary/aromatic N) is 1. The predicted molar refractivity (Wildman–Crippen MR) is 81.9 cm³/mol. The molecule has 0 saturated carbocycles. The van der Waals surface area contributed by atoms with E-state index in [4.69, 9.17) is 22.2 Å². The highest BCUT2D eigenvalue weighted by Gasteiger charge is 2.18. The van der Waals surface area contributed by atoms with Crippen LogP contribution in [0.5, 0.6) is 0 Å². The van der Waals surface area contributed by atoms with E-state index in [1.165, 1.54) is 6.20 Å². The van der Waals surface area contributed by atoms with E-state index < -0.39 is 11.7 Å². The number of halogens is 1. The molecule has 2 N–H and O–H groups in total. The van der Waals surface area contributed by atoms with Gasteiger partial charge >= 0.3 is 6.09 Å². The number of hydrogen-bond acceptors (Lipinski definition) is 3. The second-order valence-electron chi connectivity index (χ2n) is 5.14. The van der Waals surface area contributed by atoms with E-state index in [1.54, 1.807) is 45.1 Å². The van der Waals surface area contributed by atoms with Gasteiger partial charge in [0.15, 0.2) is 0 Å². The van der Waals surface area contributed by atoms with Crippen LogP contribution in [0.15, 0.2) is 42.6 Å². The Morgan fingerprint density at radius 1 is 1.25 bits per heavy atom. The molecule has 0 fully saturated rings. The number of ether oxygens (including phenoxy) is 1. The van der Waals surface area contributed by atoms with Crippen molar-refractivity contribution in [3.63, 3.8) is 0 Å². The van der Waals surface area contributed by atoms with Gasteiger partial charge in [0.1, 0.15) is 5.60 Å². The van der Waals surface area contributed by atoms with Crippen LogP contribution in [-0.2, 0) is 4.74 Å². The average molecular weight is 295 g/mol. The lowest BCUT2D eigenvalue weighted by atomic mass is 10.2. The monoisotopic (exact) mass is 294 g/mol. The SMILES string of the molecule is CC(C)(C)OC(=O)N(N)/C=C/C=C/c1ccc(Cl)cc1. The molecule has 0 atom stereocenters. The normalized spacial score (nSPS) is 12.1. The maximum atomic E-state index is 11.5. The van der Waals surface area contributed by atoms with Gasteiger partial charge in [-0.05, 0) is 44.5 Å². The summed E-state index contributed by atoms with van der Waals surface area (Å²) < 4.78 is 5.10. The first kappa shape index (κ1) is 16.3.